The summed E-state index contributed by atoms with van der Waals surface area (Å²) < 4.78 is 0. The van der Waals surface area contributed by atoms with Crippen LogP contribution < -0.4 is 5.73 Å². The minimum atomic E-state index is -0.156. The van der Waals surface area contributed by atoms with Gasteiger partial charge in [-0.2, -0.15) is 0 Å². The number of aliphatic hydroxyl groups is 1. The highest BCUT2D eigenvalue weighted by Crippen LogP contribution is 2.43. The van der Waals surface area contributed by atoms with Crippen LogP contribution in [-0.4, -0.2) is 41.8 Å². The molecule has 0 aromatic rings. The first-order valence-electron chi connectivity index (χ1n) is 9.01. The Hall–Kier alpha value is -0.120. The molecule has 1 aliphatic heterocycles. The number of nitrogens with two attached hydrogens (primary N) is 1. The molecule has 0 amide bonds. The quantitative estimate of drug-likeness (QED) is 0.838. The molecule has 21 heavy (non-hydrogen) atoms. The summed E-state index contributed by atoms with van der Waals surface area (Å²) in [5.74, 6) is 1.87. The first-order valence-corrected chi connectivity index (χ1v) is 9.01. The second-order valence-electron chi connectivity index (χ2n) is 8.24. The van der Waals surface area contributed by atoms with Gasteiger partial charge in [0.05, 0.1) is 6.10 Å². The minimum absolute atomic E-state index is 0.156. The van der Waals surface area contributed by atoms with Crippen LogP contribution in [0.3, 0.4) is 0 Å². The van der Waals surface area contributed by atoms with E-state index in [1.54, 1.807) is 0 Å². The standard InChI is InChI=1S/C18H36N2O/c1-5-18(3,4)15-7-6-14(11-19)16(10-15)20-9-8-13(2)17(21)12-20/h13-17,21H,5-12,19H2,1-4H3. The van der Waals surface area contributed by atoms with Crippen LogP contribution >= 0.6 is 0 Å². The van der Waals surface area contributed by atoms with Crippen LogP contribution in [0.5, 0.6) is 0 Å². The molecule has 3 N–H and O–H groups in total. The molecule has 0 spiro atoms. The van der Waals surface area contributed by atoms with E-state index in [0.717, 1.165) is 32.0 Å². The molecule has 1 saturated carbocycles. The van der Waals surface area contributed by atoms with Crippen molar-refractivity contribution < 1.29 is 5.11 Å². The number of β-amino-alcohol motifs (C(OH)–C–C–N with tert-alkyl or cyclic N) is 1. The van der Waals surface area contributed by atoms with Gasteiger partial charge in [0, 0.05) is 12.6 Å². The lowest BCUT2D eigenvalue weighted by atomic mass is 9.65. The molecule has 5 unspecified atom stereocenters. The predicted molar refractivity (Wildman–Crippen MR) is 89.1 cm³/mol. The maximum atomic E-state index is 10.2. The Morgan fingerprint density at radius 1 is 1.24 bits per heavy atom. The third kappa shape index (κ3) is 3.80. The van der Waals surface area contributed by atoms with Crippen LogP contribution in [-0.2, 0) is 0 Å². The van der Waals surface area contributed by atoms with Crippen LogP contribution in [0.1, 0.15) is 59.8 Å². The zero-order valence-electron chi connectivity index (χ0n) is 14.5. The third-order valence-corrected chi connectivity index (χ3v) is 6.69. The third-order valence-electron chi connectivity index (χ3n) is 6.69. The molecule has 0 bridgehead atoms. The van der Waals surface area contributed by atoms with E-state index in [4.69, 9.17) is 5.73 Å². The Morgan fingerprint density at radius 3 is 2.52 bits per heavy atom. The average molecular weight is 296 g/mol. The summed E-state index contributed by atoms with van der Waals surface area (Å²) in [6.45, 7) is 12.1. The van der Waals surface area contributed by atoms with Gasteiger partial charge in [-0.15, -0.1) is 0 Å². The number of hydrogen-bond donors (Lipinski definition) is 2. The summed E-state index contributed by atoms with van der Waals surface area (Å²) in [6, 6.07) is 0.585. The summed E-state index contributed by atoms with van der Waals surface area (Å²) in [5.41, 5.74) is 6.49. The fourth-order valence-corrected chi connectivity index (χ4v) is 4.30. The van der Waals surface area contributed by atoms with Gasteiger partial charge in [0.25, 0.3) is 0 Å². The average Bonchev–Trinajstić information content (AvgIpc) is 2.49. The van der Waals surface area contributed by atoms with Crippen LogP contribution in [0.2, 0.25) is 0 Å². The van der Waals surface area contributed by atoms with E-state index in [9.17, 15) is 5.11 Å². The Morgan fingerprint density at radius 2 is 1.95 bits per heavy atom. The van der Waals surface area contributed by atoms with Crippen molar-refractivity contribution in [1.82, 2.24) is 4.90 Å². The Bertz CT molecular complexity index is 331. The summed E-state index contributed by atoms with van der Waals surface area (Å²) >= 11 is 0. The lowest BCUT2D eigenvalue weighted by Crippen LogP contribution is -2.54. The van der Waals surface area contributed by atoms with Crippen molar-refractivity contribution in [2.75, 3.05) is 19.6 Å². The predicted octanol–water partition coefficient (Wildman–Crippen LogP) is 2.87. The van der Waals surface area contributed by atoms with Crippen molar-refractivity contribution in [1.29, 1.82) is 0 Å². The molecular formula is C18H36N2O. The molecule has 5 atom stereocenters. The van der Waals surface area contributed by atoms with Crippen LogP contribution in [0, 0.1) is 23.2 Å². The molecule has 2 rings (SSSR count). The monoisotopic (exact) mass is 296 g/mol. The lowest BCUT2D eigenvalue weighted by Gasteiger charge is -2.49. The van der Waals surface area contributed by atoms with E-state index in [2.05, 4.69) is 32.6 Å². The molecule has 2 fully saturated rings. The fraction of sp³-hybridized carbons (Fsp3) is 1.00. The molecule has 3 nitrogen and oxygen atoms in total. The van der Waals surface area contributed by atoms with E-state index in [1.165, 1.54) is 25.7 Å². The minimum Gasteiger partial charge on any atom is -0.392 e. The Labute approximate surface area is 131 Å². The summed E-state index contributed by atoms with van der Waals surface area (Å²) in [6.07, 6.45) is 6.07. The second-order valence-corrected chi connectivity index (χ2v) is 8.24. The van der Waals surface area contributed by atoms with Gasteiger partial charge in [-0.3, -0.25) is 4.90 Å². The fourth-order valence-electron chi connectivity index (χ4n) is 4.30. The van der Waals surface area contributed by atoms with Gasteiger partial charge in [0.15, 0.2) is 0 Å². The Kier molecular flexibility index (Phi) is 5.72. The molecule has 0 aromatic heterocycles. The highest BCUT2D eigenvalue weighted by atomic mass is 16.3. The number of likely N-dealkylation sites (tertiary alicyclic amines) is 1. The molecule has 1 aliphatic carbocycles. The normalized spacial score (nSPS) is 39.4. The van der Waals surface area contributed by atoms with Crippen LogP contribution in [0.25, 0.3) is 0 Å². The first kappa shape index (κ1) is 17.2. The van der Waals surface area contributed by atoms with E-state index in [0.29, 0.717) is 23.3 Å². The molecular weight excluding hydrogens is 260 g/mol. The zero-order chi connectivity index (χ0) is 15.6. The molecule has 124 valence electrons. The second kappa shape index (κ2) is 6.97. The molecule has 2 aliphatic rings. The summed E-state index contributed by atoms with van der Waals surface area (Å²) in [4.78, 5) is 2.56. The number of hydrogen-bond acceptors (Lipinski definition) is 3. The van der Waals surface area contributed by atoms with Crippen LogP contribution in [0.4, 0.5) is 0 Å². The van der Waals surface area contributed by atoms with E-state index in [1.807, 2.05) is 0 Å². The van der Waals surface area contributed by atoms with Crippen molar-refractivity contribution in [3.05, 3.63) is 0 Å². The summed E-state index contributed by atoms with van der Waals surface area (Å²) in [7, 11) is 0. The highest BCUT2D eigenvalue weighted by molar-refractivity contribution is 4.94. The molecule has 1 heterocycles. The van der Waals surface area contributed by atoms with Gasteiger partial charge in [-0.05, 0) is 61.9 Å². The molecule has 3 heteroatoms. The van der Waals surface area contributed by atoms with Gasteiger partial charge in [-0.25, -0.2) is 0 Å². The maximum absolute atomic E-state index is 10.2. The largest absolute Gasteiger partial charge is 0.392 e. The highest BCUT2D eigenvalue weighted by Gasteiger charge is 2.40. The van der Waals surface area contributed by atoms with E-state index >= 15 is 0 Å². The summed E-state index contributed by atoms with van der Waals surface area (Å²) in [5, 5.41) is 10.2. The molecule has 0 aromatic carbocycles. The van der Waals surface area contributed by atoms with Gasteiger partial charge in [0.1, 0.15) is 0 Å². The maximum Gasteiger partial charge on any atom is 0.0693 e. The smallest absolute Gasteiger partial charge is 0.0693 e. The van der Waals surface area contributed by atoms with E-state index < -0.39 is 0 Å². The first-order chi connectivity index (χ1) is 9.89. The number of nitrogens with zero attached hydrogens (tertiary/aromatic N) is 1. The van der Waals surface area contributed by atoms with Gasteiger partial charge in [0.2, 0.25) is 0 Å². The zero-order valence-corrected chi connectivity index (χ0v) is 14.5. The Balaban J connectivity index is 2.06. The van der Waals surface area contributed by atoms with Crippen molar-refractivity contribution in [3.8, 4) is 0 Å². The van der Waals surface area contributed by atoms with Crippen LogP contribution in [0.15, 0.2) is 0 Å². The van der Waals surface area contributed by atoms with Crippen molar-refractivity contribution >= 4 is 0 Å². The number of piperidine rings is 1. The van der Waals surface area contributed by atoms with Crippen molar-refractivity contribution in [3.63, 3.8) is 0 Å². The lowest BCUT2D eigenvalue weighted by molar-refractivity contribution is -0.0291. The van der Waals surface area contributed by atoms with E-state index in [-0.39, 0.29) is 6.10 Å². The van der Waals surface area contributed by atoms with Gasteiger partial charge >= 0.3 is 0 Å². The van der Waals surface area contributed by atoms with Crippen molar-refractivity contribution in [2.24, 2.45) is 28.9 Å². The van der Waals surface area contributed by atoms with Gasteiger partial charge in [-0.1, -0.05) is 34.1 Å². The molecule has 0 radical (unpaired) electrons. The van der Waals surface area contributed by atoms with Crippen molar-refractivity contribution in [2.45, 2.75) is 71.9 Å². The number of rotatable bonds is 4. The number of aliphatic hydroxyl groups excluding tert-OH is 1. The van der Waals surface area contributed by atoms with Gasteiger partial charge < -0.3 is 10.8 Å². The SMILES string of the molecule is CCC(C)(C)C1CCC(CN)C(N2CCC(C)C(O)C2)C1. The molecule has 1 saturated heterocycles. The topological polar surface area (TPSA) is 49.5 Å².